The standard InChI is InChI=1S/C35H43BrN8O5/c1-37-31(46)12-11-27(22-45)44-30-6-4-5-29(33(30)49-35(44)48)43-15-13-42(14-16-43)19-23-7-9-24(10-8-23)25-17-26(21-40(2)20-25)39-28-18-38-41(3)34(47)32(28)36/h4-10,18,22,25-27,39H,11-17,19-21H2,1-3H3,(H,37,46). The van der Waals surface area contributed by atoms with Gasteiger partial charge in [-0.15, -0.1) is 0 Å². The second-order valence-corrected chi connectivity index (χ2v) is 13.9. The summed E-state index contributed by atoms with van der Waals surface area (Å²) in [6.45, 7) is 5.92. The maximum absolute atomic E-state index is 12.9. The van der Waals surface area contributed by atoms with Crippen molar-refractivity contribution >= 4 is 50.6 Å². The maximum Gasteiger partial charge on any atom is 0.420 e. The number of hydrogen-bond donors (Lipinski definition) is 2. The second-order valence-electron chi connectivity index (χ2n) is 13.1. The molecule has 4 heterocycles. The smallest absolute Gasteiger partial charge is 0.405 e. The van der Waals surface area contributed by atoms with Gasteiger partial charge in [0.05, 0.1) is 29.1 Å². The van der Waals surface area contributed by atoms with E-state index in [9.17, 15) is 19.2 Å². The largest absolute Gasteiger partial charge is 0.420 e. The van der Waals surface area contributed by atoms with Gasteiger partial charge in [0.2, 0.25) is 5.91 Å². The van der Waals surface area contributed by atoms with Gasteiger partial charge in [-0.25, -0.2) is 9.48 Å². The molecule has 260 valence electrons. The minimum Gasteiger partial charge on any atom is -0.405 e. The summed E-state index contributed by atoms with van der Waals surface area (Å²) in [5.41, 5.74) is 4.97. The number of likely N-dealkylation sites (N-methyl/N-ethyl adjacent to an activating group) is 1. The Morgan fingerprint density at radius 1 is 1.08 bits per heavy atom. The van der Waals surface area contributed by atoms with Crippen molar-refractivity contribution in [3.05, 3.63) is 85.2 Å². The molecule has 2 aliphatic heterocycles. The minimum absolute atomic E-state index is 0.134. The zero-order chi connectivity index (χ0) is 34.7. The number of nitrogens with zero attached hydrogens (tertiary/aromatic N) is 6. The molecule has 1 amide bonds. The molecule has 0 bridgehead atoms. The number of oxazole rings is 1. The lowest BCUT2D eigenvalue weighted by atomic mass is 9.87. The molecule has 6 rings (SSSR count). The van der Waals surface area contributed by atoms with Crippen LogP contribution >= 0.6 is 15.9 Å². The fraction of sp³-hybridized carbons (Fsp3) is 0.457. The molecule has 2 saturated heterocycles. The average Bonchev–Trinajstić information content (AvgIpc) is 3.45. The second kappa shape index (κ2) is 15.1. The molecule has 0 radical (unpaired) electrons. The van der Waals surface area contributed by atoms with E-state index in [-0.39, 0.29) is 30.3 Å². The molecule has 2 aromatic heterocycles. The maximum atomic E-state index is 12.9. The number of para-hydroxylation sites is 1. The van der Waals surface area contributed by atoms with Crippen LogP contribution in [0.4, 0.5) is 11.4 Å². The van der Waals surface area contributed by atoms with E-state index in [1.807, 2.05) is 12.1 Å². The minimum atomic E-state index is -0.785. The van der Waals surface area contributed by atoms with Gasteiger partial charge in [0.15, 0.2) is 5.58 Å². The summed E-state index contributed by atoms with van der Waals surface area (Å²) in [6.07, 6.45) is 3.70. The van der Waals surface area contributed by atoms with Gasteiger partial charge in [0, 0.05) is 72.4 Å². The van der Waals surface area contributed by atoms with Gasteiger partial charge < -0.3 is 29.6 Å². The molecule has 3 unspecified atom stereocenters. The summed E-state index contributed by atoms with van der Waals surface area (Å²) in [4.78, 5) is 55.9. The monoisotopic (exact) mass is 734 g/mol. The first-order valence-electron chi connectivity index (χ1n) is 16.7. The Bertz CT molecular complexity index is 1910. The van der Waals surface area contributed by atoms with Crippen molar-refractivity contribution in [2.75, 3.05) is 63.6 Å². The summed E-state index contributed by atoms with van der Waals surface area (Å²) in [5, 5.41) is 10.3. The van der Waals surface area contributed by atoms with Crippen LogP contribution in [0.25, 0.3) is 11.1 Å². The Kier molecular flexibility index (Phi) is 10.7. The fourth-order valence-corrected chi connectivity index (χ4v) is 7.54. The number of carbonyl (C=O) groups is 2. The molecule has 2 aromatic carbocycles. The third-order valence-electron chi connectivity index (χ3n) is 9.70. The van der Waals surface area contributed by atoms with Crippen molar-refractivity contribution < 1.29 is 14.0 Å². The number of piperazine rings is 1. The molecule has 3 atom stereocenters. The third kappa shape index (κ3) is 7.66. The summed E-state index contributed by atoms with van der Waals surface area (Å²) in [6, 6.07) is 14.0. The Hall–Kier alpha value is -4.27. The summed E-state index contributed by atoms with van der Waals surface area (Å²) >= 11 is 3.43. The molecule has 14 heteroatoms. The number of benzene rings is 2. The molecule has 0 saturated carbocycles. The van der Waals surface area contributed by atoms with Crippen LogP contribution in [-0.2, 0) is 23.2 Å². The molecular weight excluding hydrogens is 692 g/mol. The zero-order valence-electron chi connectivity index (χ0n) is 28.1. The number of anilines is 2. The lowest BCUT2D eigenvalue weighted by molar-refractivity contribution is -0.121. The van der Waals surface area contributed by atoms with Crippen LogP contribution in [-0.4, -0.2) is 95.7 Å². The number of likely N-dealkylation sites (tertiary alicyclic amines) is 1. The molecular formula is C35H43BrN8O5. The number of aromatic nitrogens is 3. The van der Waals surface area contributed by atoms with Gasteiger partial charge in [-0.3, -0.25) is 19.1 Å². The average molecular weight is 736 g/mol. The van der Waals surface area contributed by atoms with Gasteiger partial charge in [0.25, 0.3) is 5.56 Å². The number of hydrogen-bond acceptors (Lipinski definition) is 10. The highest BCUT2D eigenvalue weighted by Crippen LogP contribution is 2.31. The van der Waals surface area contributed by atoms with E-state index in [1.54, 1.807) is 26.4 Å². The van der Waals surface area contributed by atoms with E-state index < -0.39 is 11.8 Å². The molecule has 2 N–H and O–H groups in total. The molecule has 13 nitrogen and oxygen atoms in total. The van der Waals surface area contributed by atoms with E-state index in [1.165, 1.54) is 20.4 Å². The van der Waals surface area contributed by atoms with Crippen molar-refractivity contribution in [2.45, 2.75) is 43.8 Å². The van der Waals surface area contributed by atoms with Crippen molar-refractivity contribution in [1.82, 2.24) is 29.5 Å². The molecule has 0 spiro atoms. The van der Waals surface area contributed by atoms with E-state index in [0.29, 0.717) is 27.8 Å². The highest BCUT2D eigenvalue weighted by Gasteiger charge is 2.28. The lowest BCUT2D eigenvalue weighted by Gasteiger charge is -2.37. The summed E-state index contributed by atoms with van der Waals surface area (Å²) in [7, 11) is 5.32. The number of aldehydes is 1. The van der Waals surface area contributed by atoms with Gasteiger partial charge >= 0.3 is 5.76 Å². The number of rotatable bonds is 11. The quantitative estimate of drug-likeness (QED) is 0.221. The number of nitrogens with one attached hydrogen (secondary N) is 2. The Balaban J connectivity index is 1.06. The lowest BCUT2D eigenvalue weighted by Crippen LogP contribution is -2.46. The number of aryl methyl sites for hydroxylation is 1. The fourth-order valence-electron chi connectivity index (χ4n) is 7.06. The molecule has 4 aromatic rings. The predicted octanol–water partition coefficient (Wildman–Crippen LogP) is 2.94. The number of piperidine rings is 1. The zero-order valence-corrected chi connectivity index (χ0v) is 29.7. The van der Waals surface area contributed by atoms with Crippen LogP contribution in [0.5, 0.6) is 0 Å². The van der Waals surface area contributed by atoms with Gasteiger partial charge in [-0.1, -0.05) is 30.3 Å². The number of halogens is 1. The van der Waals surface area contributed by atoms with Crippen molar-refractivity contribution in [3.63, 3.8) is 0 Å². The Labute approximate surface area is 293 Å². The molecule has 2 aliphatic rings. The number of amides is 1. The van der Waals surface area contributed by atoms with Gasteiger partial charge in [-0.05, 0) is 65.0 Å². The van der Waals surface area contributed by atoms with Gasteiger partial charge in [-0.2, -0.15) is 5.10 Å². The van der Waals surface area contributed by atoms with E-state index in [0.717, 1.165) is 63.6 Å². The third-order valence-corrected chi connectivity index (χ3v) is 10.5. The van der Waals surface area contributed by atoms with Crippen molar-refractivity contribution in [3.8, 4) is 0 Å². The SMILES string of the molecule is CNC(=O)CCC(C=O)n1c(=O)oc2c(N3CCN(Cc4ccc(C5CC(Nc6cnn(C)c(=O)c6Br)CN(C)C5)cc4)CC3)cccc21. The molecule has 0 aliphatic carbocycles. The van der Waals surface area contributed by atoms with Crippen LogP contribution in [0.1, 0.15) is 42.3 Å². The summed E-state index contributed by atoms with van der Waals surface area (Å²) < 4.78 is 8.89. The van der Waals surface area contributed by atoms with Crippen molar-refractivity contribution in [2.24, 2.45) is 7.05 Å². The summed E-state index contributed by atoms with van der Waals surface area (Å²) in [5.74, 6) is -0.423. The topological polar surface area (TPSA) is 138 Å². The Morgan fingerprint density at radius 3 is 2.55 bits per heavy atom. The van der Waals surface area contributed by atoms with E-state index >= 15 is 0 Å². The number of fused-ring (bicyclic) bond motifs is 1. The first-order chi connectivity index (χ1) is 23.6. The van der Waals surface area contributed by atoms with Crippen LogP contribution in [0.15, 0.2) is 67.1 Å². The number of carbonyl (C=O) groups excluding carboxylic acids is 2. The van der Waals surface area contributed by atoms with E-state index in [4.69, 9.17) is 4.42 Å². The van der Waals surface area contributed by atoms with Crippen LogP contribution in [0.3, 0.4) is 0 Å². The first-order valence-corrected chi connectivity index (χ1v) is 17.5. The van der Waals surface area contributed by atoms with Gasteiger partial charge in [0.1, 0.15) is 10.8 Å². The van der Waals surface area contributed by atoms with Crippen LogP contribution in [0, 0.1) is 0 Å². The van der Waals surface area contributed by atoms with E-state index in [2.05, 4.69) is 77.7 Å². The first kappa shape index (κ1) is 34.6. The Morgan fingerprint density at radius 2 is 1.84 bits per heavy atom. The van der Waals surface area contributed by atoms with Crippen LogP contribution in [0.2, 0.25) is 0 Å². The van der Waals surface area contributed by atoms with Crippen LogP contribution < -0.4 is 26.8 Å². The normalized spacial score (nSPS) is 19.6. The highest BCUT2D eigenvalue weighted by molar-refractivity contribution is 9.10. The highest BCUT2D eigenvalue weighted by atomic mass is 79.9. The van der Waals surface area contributed by atoms with Crippen molar-refractivity contribution in [1.29, 1.82) is 0 Å². The molecule has 49 heavy (non-hydrogen) atoms. The molecule has 2 fully saturated rings. The predicted molar refractivity (Wildman–Crippen MR) is 192 cm³/mol.